The van der Waals surface area contributed by atoms with E-state index in [1.807, 2.05) is 22.8 Å². The molecule has 2 aromatic rings. The summed E-state index contributed by atoms with van der Waals surface area (Å²) in [5, 5.41) is 2.57. The number of imidazole rings is 1. The van der Waals surface area contributed by atoms with E-state index in [1.165, 1.54) is 0 Å². The molecule has 130 valence electrons. The van der Waals surface area contributed by atoms with Crippen LogP contribution in [0, 0.1) is 0 Å². The Balaban J connectivity index is 1.65. The molecule has 7 heteroatoms. The molecule has 1 atom stereocenters. The SMILES string of the molecule is CC(C)SCC(=O)N1CCC[C@@H](c2nccn2Cc2cscn2)C1. The number of thiazole rings is 1. The van der Waals surface area contributed by atoms with Crippen LogP contribution in [0.3, 0.4) is 0 Å². The highest BCUT2D eigenvalue weighted by Crippen LogP contribution is 2.27. The first kappa shape index (κ1) is 17.5. The fourth-order valence-electron chi connectivity index (χ4n) is 3.05. The maximum absolute atomic E-state index is 12.4. The molecule has 0 N–H and O–H groups in total. The van der Waals surface area contributed by atoms with Gasteiger partial charge in [0.25, 0.3) is 0 Å². The van der Waals surface area contributed by atoms with Crippen LogP contribution in [0.1, 0.15) is 44.1 Å². The van der Waals surface area contributed by atoms with Crippen molar-refractivity contribution in [1.29, 1.82) is 0 Å². The maximum atomic E-state index is 12.4. The van der Waals surface area contributed by atoms with Gasteiger partial charge in [0.05, 0.1) is 23.5 Å². The fourth-order valence-corrected chi connectivity index (χ4v) is 4.26. The number of hydrogen-bond acceptors (Lipinski definition) is 5. The van der Waals surface area contributed by atoms with Crippen molar-refractivity contribution >= 4 is 29.0 Å². The average Bonchev–Trinajstić information content (AvgIpc) is 3.25. The summed E-state index contributed by atoms with van der Waals surface area (Å²) in [5.74, 6) is 2.24. The van der Waals surface area contributed by atoms with E-state index in [-0.39, 0.29) is 5.91 Å². The van der Waals surface area contributed by atoms with Crippen molar-refractivity contribution in [3.63, 3.8) is 0 Å². The molecular formula is C17H24N4OS2. The van der Waals surface area contributed by atoms with Gasteiger partial charge in [-0.1, -0.05) is 13.8 Å². The zero-order valence-electron chi connectivity index (χ0n) is 14.2. The zero-order chi connectivity index (χ0) is 16.9. The summed E-state index contributed by atoms with van der Waals surface area (Å²) in [4.78, 5) is 23.4. The molecule has 1 fully saturated rings. The van der Waals surface area contributed by atoms with Gasteiger partial charge in [-0.25, -0.2) is 9.97 Å². The lowest BCUT2D eigenvalue weighted by molar-refractivity contribution is -0.129. The number of rotatable bonds is 6. The molecule has 0 spiro atoms. The third-order valence-corrected chi connectivity index (χ3v) is 5.96. The van der Waals surface area contributed by atoms with Gasteiger partial charge in [-0.3, -0.25) is 4.79 Å². The van der Waals surface area contributed by atoms with Crippen LogP contribution < -0.4 is 0 Å². The van der Waals surface area contributed by atoms with Crippen molar-refractivity contribution in [2.75, 3.05) is 18.8 Å². The summed E-state index contributed by atoms with van der Waals surface area (Å²) < 4.78 is 2.18. The summed E-state index contributed by atoms with van der Waals surface area (Å²) in [6.07, 6.45) is 6.02. The van der Waals surface area contributed by atoms with E-state index >= 15 is 0 Å². The summed E-state index contributed by atoms with van der Waals surface area (Å²) in [6.45, 7) is 6.68. The lowest BCUT2D eigenvalue weighted by Gasteiger charge is -2.32. The van der Waals surface area contributed by atoms with Crippen molar-refractivity contribution in [2.24, 2.45) is 0 Å². The molecule has 3 rings (SSSR count). The van der Waals surface area contributed by atoms with Crippen molar-refractivity contribution in [3.8, 4) is 0 Å². The zero-order valence-corrected chi connectivity index (χ0v) is 15.9. The smallest absolute Gasteiger partial charge is 0.232 e. The summed E-state index contributed by atoms with van der Waals surface area (Å²) >= 11 is 3.33. The molecule has 3 heterocycles. The van der Waals surface area contributed by atoms with E-state index in [0.29, 0.717) is 16.9 Å². The van der Waals surface area contributed by atoms with Gasteiger partial charge in [0.1, 0.15) is 5.82 Å². The van der Waals surface area contributed by atoms with E-state index in [1.54, 1.807) is 23.1 Å². The number of carbonyl (C=O) groups excluding carboxylic acids is 1. The first-order chi connectivity index (χ1) is 11.6. The molecule has 0 aliphatic carbocycles. The second kappa shape index (κ2) is 8.16. The number of likely N-dealkylation sites (tertiary alicyclic amines) is 1. The second-order valence-corrected chi connectivity index (χ2v) is 8.72. The Morgan fingerprint density at radius 3 is 3.08 bits per heavy atom. The molecule has 24 heavy (non-hydrogen) atoms. The van der Waals surface area contributed by atoms with Crippen LogP contribution in [0.15, 0.2) is 23.3 Å². The lowest BCUT2D eigenvalue weighted by Crippen LogP contribution is -2.40. The van der Waals surface area contributed by atoms with Gasteiger partial charge in [0.2, 0.25) is 5.91 Å². The van der Waals surface area contributed by atoms with E-state index < -0.39 is 0 Å². The molecule has 0 radical (unpaired) electrons. The van der Waals surface area contributed by atoms with Crippen LogP contribution in [-0.4, -0.2) is 49.4 Å². The Labute approximate surface area is 151 Å². The molecule has 0 bridgehead atoms. The summed E-state index contributed by atoms with van der Waals surface area (Å²) in [6, 6.07) is 0. The van der Waals surface area contributed by atoms with Crippen LogP contribution in [0.4, 0.5) is 0 Å². The molecule has 1 aliphatic heterocycles. The van der Waals surface area contributed by atoms with Crippen molar-refractivity contribution < 1.29 is 4.79 Å². The fraction of sp³-hybridized carbons (Fsp3) is 0.588. The number of amides is 1. The number of thioether (sulfide) groups is 1. The molecule has 0 saturated carbocycles. The topological polar surface area (TPSA) is 51.0 Å². The number of nitrogens with zero attached hydrogens (tertiary/aromatic N) is 4. The maximum Gasteiger partial charge on any atom is 0.232 e. The number of hydrogen-bond donors (Lipinski definition) is 0. The highest BCUT2D eigenvalue weighted by Gasteiger charge is 2.27. The van der Waals surface area contributed by atoms with Gasteiger partial charge in [-0.2, -0.15) is 0 Å². The van der Waals surface area contributed by atoms with Gasteiger partial charge in [0, 0.05) is 36.8 Å². The van der Waals surface area contributed by atoms with Gasteiger partial charge >= 0.3 is 0 Å². The van der Waals surface area contributed by atoms with Crippen molar-refractivity contribution in [3.05, 3.63) is 34.8 Å². The normalized spacial score (nSPS) is 18.3. The summed E-state index contributed by atoms with van der Waals surface area (Å²) in [7, 11) is 0. The Morgan fingerprint density at radius 2 is 2.33 bits per heavy atom. The molecule has 0 aromatic carbocycles. The van der Waals surface area contributed by atoms with Crippen LogP contribution in [0.2, 0.25) is 0 Å². The van der Waals surface area contributed by atoms with Gasteiger partial charge in [-0.05, 0) is 18.1 Å². The Kier molecular flexibility index (Phi) is 5.94. The van der Waals surface area contributed by atoms with E-state index in [0.717, 1.165) is 44.0 Å². The molecule has 2 aromatic heterocycles. The third-order valence-electron chi connectivity index (χ3n) is 4.24. The number of aromatic nitrogens is 3. The molecule has 0 unspecified atom stereocenters. The van der Waals surface area contributed by atoms with Crippen LogP contribution >= 0.6 is 23.1 Å². The van der Waals surface area contributed by atoms with Gasteiger partial charge < -0.3 is 9.47 Å². The monoisotopic (exact) mass is 364 g/mol. The predicted molar refractivity (Wildman–Crippen MR) is 99.6 cm³/mol. The first-order valence-corrected chi connectivity index (χ1v) is 10.4. The van der Waals surface area contributed by atoms with Crippen LogP contribution in [0.5, 0.6) is 0 Å². The summed E-state index contributed by atoms with van der Waals surface area (Å²) in [5.41, 5.74) is 2.93. The minimum atomic E-state index is 0.260. The van der Waals surface area contributed by atoms with Crippen molar-refractivity contribution in [2.45, 2.75) is 44.4 Å². The number of piperidine rings is 1. The standard InChI is InChI=1S/C17H24N4OS2/c1-13(2)24-11-16(22)20-6-3-4-14(8-20)17-18-5-7-21(17)9-15-10-23-12-19-15/h5,7,10,12-14H,3-4,6,8-9,11H2,1-2H3/t14-/m1/s1. The largest absolute Gasteiger partial charge is 0.341 e. The second-order valence-electron chi connectivity index (χ2n) is 6.43. The van der Waals surface area contributed by atoms with Gasteiger partial charge in [0.15, 0.2) is 0 Å². The Bertz CT molecular complexity index is 653. The Hall–Kier alpha value is -1.34. The predicted octanol–water partition coefficient (Wildman–Crippen LogP) is 3.24. The average molecular weight is 365 g/mol. The van der Waals surface area contributed by atoms with E-state index in [4.69, 9.17) is 0 Å². The molecule has 5 nitrogen and oxygen atoms in total. The van der Waals surface area contributed by atoms with Crippen molar-refractivity contribution in [1.82, 2.24) is 19.4 Å². The third kappa shape index (κ3) is 4.39. The van der Waals surface area contributed by atoms with Crippen LogP contribution in [0.25, 0.3) is 0 Å². The molecule has 1 saturated heterocycles. The molecular weight excluding hydrogens is 340 g/mol. The molecule has 1 amide bonds. The number of carbonyl (C=O) groups is 1. The first-order valence-electron chi connectivity index (χ1n) is 8.41. The van der Waals surface area contributed by atoms with Crippen LogP contribution in [-0.2, 0) is 11.3 Å². The molecule has 1 aliphatic rings. The minimum Gasteiger partial charge on any atom is -0.341 e. The minimum absolute atomic E-state index is 0.260. The lowest BCUT2D eigenvalue weighted by atomic mass is 9.97. The van der Waals surface area contributed by atoms with E-state index in [2.05, 4.69) is 33.8 Å². The Morgan fingerprint density at radius 1 is 1.46 bits per heavy atom. The van der Waals surface area contributed by atoms with E-state index in [9.17, 15) is 4.79 Å². The highest BCUT2D eigenvalue weighted by atomic mass is 32.2. The van der Waals surface area contributed by atoms with Gasteiger partial charge in [-0.15, -0.1) is 23.1 Å². The highest BCUT2D eigenvalue weighted by molar-refractivity contribution is 8.00. The quantitative estimate of drug-likeness (QED) is 0.790.